The minimum absolute atomic E-state index is 0.00325. The molecular formula is C26H38F3N3O3. The van der Waals surface area contributed by atoms with E-state index in [1.165, 1.54) is 17.0 Å². The molecule has 9 heteroatoms. The second kappa shape index (κ2) is 10.8. The Labute approximate surface area is 206 Å². The van der Waals surface area contributed by atoms with Gasteiger partial charge in [-0.25, -0.2) is 4.79 Å². The second-order valence-electron chi connectivity index (χ2n) is 10.9. The first-order valence-electron chi connectivity index (χ1n) is 12.4. The summed E-state index contributed by atoms with van der Waals surface area (Å²) in [5.74, 6) is 0.465. The molecule has 6 nitrogen and oxygen atoms in total. The van der Waals surface area contributed by atoms with Crippen molar-refractivity contribution in [3.05, 3.63) is 35.4 Å². The van der Waals surface area contributed by atoms with Gasteiger partial charge < -0.3 is 15.0 Å². The molecule has 2 aliphatic rings. The number of carbonyl (C=O) groups excluding carboxylic acids is 2. The van der Waals surface area contributed by atoms with E-state index < -0.39 is 29.5 Å². The normalized spacial score (nSPS) is 23.6. The average molecular weight is 498 g/mol. The van der Waals surface area contributed by atoms with Gasteiger partial charge in [-0.05, 0) is 69.6 Å². The highest BCUT2D eigenvalue weighted by Gasteiger charge is 2.44. The number of amides is 2. The first-order valence-corrected chi connectivity index (χ1v) is 12.4. The van der Waals surface area contributed by atoms with Crippen LogP contribution in [0.5, 0.6) is 0 Å². The van der Waals surface area contributed by atoms with E-state index in [0.29, 0.717) is 25.3 Å². The van der Waals surface area contributed by atoms with Crippen LogP contribution in [0, 0.1) is 11.8 Å². The van der Waals surface area contributed by atoms with Gasteiger partial charge in [-0.2, -0.15) is 13.2 Å². The molecule has 196 valence electrons. The minimum Gasteiger partial charge on any atom is -0.436 e. The van der Waals surface area contributed by atoms with Crippen LogP contribution < -0.4 is 5.32 Å². The topological polar surface area (TPSA) is 61.9 Å². The highest BCUT2D eigenvalue weighted by atomic mass is 19.4. The van der Waals surface area contributed by atoms with Crippen molar-refractivity contribution in [2.24, 2.45) is 11.8 Å². The number of halogens is 3. The molecule has 1 aromatic carbocycles. The van der Waals surface area contributed by atoms with Crippen molar-refractivity contribution in [3.63, 3.8) is 0 Å². The number of benzene rings is 1. The summed E-state index contributed by atoms with van der Waals surface area (Å²) in [4.78, 5) is 29.3. The van der Waals surface area contributed by atoms with E-state index in [0.717, 1.165) is 43.6 Å². The Morgan fingerprint density at radius 2 is 1.80 bits per heavy atom. The van der Waals surface area contributed by atoms with Crippen molar-refractivity contribution < 1.29 is 27.5 Å². The number of fused-ring (bicyclic) bond motifs is 1. The Hall–Kier alpha value is -2.29. The van der Waals surface area contributed by atoms with Crippen LogP contribution in [-0.2, 0) is 22.3 Å². The van der Waals surface area contributed by atoms with Crippen molar-refractivity contribution in [3.8, 4) is 0 Å². The molecule has 35 heavy (non-hydrogen) atoms. The van der Waals surface area contributed by atoms with Crippen molar-refractivity contribution in [1.82, 2.24) is 15.1 Å². The molecule has 3 rings (SSSR count). The molecule has 1 aliphatic heterocycles. The van der Waals surface area contributed by atoms with E-state index in [4.69, 9.17) is 4.74 Å². The van der Waals surface area contributed by atoms with Gasteiger partial charge in [-0.15, -0.1) is 0 Å². The van der Waals surface area contributed by atoms with Crippen molar-refractivity contribution in [1.29, 1.82) is 0 Å². The molecule has 0 spiro atoms. The van der Waals surface area contributed by atoms with Gasteiger partial charge in [0.1, 0.15) is 0 Å². The molecule has 1 aromatic rings. The van der Waals surface area contributed by atoms with Gasteiger partial charge in [0.2, 0.25) is 0 Å². The molecule has 0 bridgehead atoms. The molecule has 1 N–H and O–H groups in total. The Bertz CT molecular complexity index is 883. The molecule has 1 saturated heterocycles. The monoisotopic (exact) mass is 497 g/mol. The van der Waals surface area contributed by atoms with E-state index >= 15 is 0 Å². The molecule has 0 aromatic heterocycles. The predicted octanol–water partition coefficient (Wildman–Crippen LogP) is 5.07. The predicted molar refractivity (Wildman–Crippen MR) is 128 cm³/mol. The highest BCUT2D eigenvalue weighted by molar-refractivity contribution is 5.83. The summed E-state index contributed by atoms with van der Waals surface area (Å²) in [6, 6.07) is 5.33. The maximum Gasteiger partial charge on any atom is 0.416 e. The van der Waals surface area contributed by atoms with Crippen LogP contribution in [0.2, 0.25) is 0 Å². The maximum atomic E-state index is 13.1. The first-order chi connectivity index (χ1) is 16.3. The van der Waals surface area contributed by atoms with Gasteiger partial charge in [0.15, 0.2) is 6.10 Å². The first kappa shape index (κ1) is 27.3. The number of hydrogen-bond donors (Lipinski definition) is 1. The van der Waals surface area contributed by atoms with E-state index in [2.05, 4.69) is 10.2 Å². The quantitative estimate of drug-likeness (QED) is 0.572. The second-order valence-corrected chi connectivity index (χ2v) is 10.9. The van der Waals surface area contributed by atoms with Crippen LogP contribution >= 0.6 is 0 Å². The molecule has 2 fully saturated rings. The zero-order valence-electron chi connectivity index (χ0n) is 21.3. The van der Waals surface area contributed by atoms with Crippen LogP contribution in [0.25, 0.3) is 0 Å². The van der Waals surface area contributed by atoms with Gasteiger partial charge in [-0.3, -0.25) is 9.69 Å². The van der Waals surface area contributed by atoms with Crippen molar-refractivity contribution in [2.75, 3.05) is 20.1 Å². The summed E-state index contributed by atoms with van der Waals surface area (Å²) in [5, 5.41) is 3.14. The minimum atomic E-state index is -4.33. The molecule has 1 aliphatic carbocycles. The van der Waals surface area contributed by atoms with Crippen LogP contribution in [0.15, 0.2) is 24.3 Å². The van der Waals surface area contributed by atoms with Crippen molar-refractivity contribution >= 4 is 12.0 Å². The summed E-state index contributed by atoms with van der Waals surface area (Å²) in [6.07, 6.45) is -2.65. The highest BCUT2D eigenvalue weighted by Crippen LogP contribution is 2.39. The Morgan fingerprint density at radius 3 is 2.37 bits per heavy atom. The fourth-order valence-corrected chi connectivity index (χ4v) is 4.98. The molecular weight excluding hydrogens is 459 g/mol. The third-order valence-corrected chi connectivity index (χ3v) is 7.31. The van der Waals surface area contributed by atoms with Crippen LogP contribution in [0.3, 0.4) is 0 Å². The van der Waals surface area contributed by atoms with Gasteiger partial charge in [0.05, 0.1) is 5.56 Å². The fourth-order valence-electron chi connectivity index (χ4n) is 4.98. The van der Waals surface area contributed by atoms with Gasteiger partial charge >= 0.3 is 12.3 Å². The summed E-state index contributed by atoms with van der Waals surface area (Å²) in [7, 11) is 1.66. The lowest BCUT2D eigenvalue weighted by Crippen LogP contribution is -2.49. The standard InChI is InChI=1S/C26H38F3N3O3/c1-6-7-22(35-24(34)31(5)25(2,3)4)23(33)30-21-13-10-18-15-32(16-20(18)21)14-17-8-11-19(12-9-17)26(27,28)29/h8-9,11-12,18,20-22H,6-7,10,13-16H2,1-5H3,(H,30,33)/t18-,20+,21+,22-/m0/s1. The number of ether oxygens (including phenoxy) is 1. The van der Waals surface area contributed by atoms with Gasteiger partial charge in [0.25, 0.3) is 5.91 Å². The van der Waals surface area contributed by atoms with E-state index in [1.807, 2.05) is 27.7 Å². The van der Waals surface area contributed by atoms with E-state index in [1.54, 1.807) is 7.05 Å². The van der Waals surface area contributed by atoms with Gasteiger partial charge in [-0.1, -0.05) is 25.5 Å². The zero-order chi connectivity index (χ0) is 26.0. The lowest BCUT2D eigenvalue weighted by Gasteiger charge is -2.32. The Balaban J connectivity index is 1.56. The maximum absolute atomic E-state index is 13.1. The fraction of sp³-hybridized carbons (Fsp3) is 0.692. The SMILES string of the molecule is CCC[C@H](OC(=O)N(C)C(C)(C)C)C(=O)N[C@@H]1CC[C@H]2CN(Cc3ccc(C(F)(F)F)cc3)C[C@H]21. The third-order valence-electron chi connectivity index (χ3n) is 7.31. The molecule has 4 atom stereocenters. The van der Waals surface area contributed by atoms with Crippen molar-refractivity contribution in [2.45, 2.75) is 83.8 Å². The molecule has 1 saturated carbocycles. The van der Waals surface area contributed by atoms with Crippen LogP contribution in [0.4, 0.5) is 18.0 Å². The average Bonchev–Trinajstić information content (AvgIpc) is 3.32. The molecule has 1 heterocycles. The number of hydrogen-bond acceptors (Lipinski definition) is 4. The number of rotatable bonds is 7. The lowest BCUT2D eigenvalue weighted by atomic mass is 9.97. The number of nitrogens with zero attached hydrogens (tertiary/aromatic N) is 2. The van der Waals surface area contributed by atoms with Gasteiger partial charge in [0, 0.05) is 38.3 Å². The number of likely N-dealkylation sites (tertiary alicyclic amines) is 1. The Kier molecular flexibility index (Phi) is 8.40. The summed E-state index contributed by atoms with van der Waals surface area (Å²) in [5.41, 5.74) is -0.210. The number of alkyl halides is 3. The molecule has 0 radical (unpaired) electrons. The third kappa shape index (κ3) is 6.90. The van der Waals surface area contributed by atoms with E-state index in [-0.39, 0.29) is 17.9 Å². The molecule has 0 unspecified atom stereocenters. The summed E-state index contributed by atoms with van der Waals surface area (Å²) >= 11 is 0. The lowest BCUT2D eigenvalue weighted by molar-refractivity contribution is -0.137. The van der Waals surface area contributed by atoms with Crippen LogP contribution in [-0.4, -0.2) is 59.6 Å². The van der Waals surface area contributed by atoms with Crippen LogP contribution in [0.1, 0.15) is 64.5 Å². The molecule has 2 amide bonds. The number of carbonyl (C=O) groups is 2. The number of nitrogens with one attached hydrogen (secondary N) is 1. The van der Waals surface area contributed by atoms with E-state index in [9.17, 15) is 22.8 Å². The zero-order valence-corrected chi connectivity index (χ0v) is 21.3. The summed E-state index contributed by atoms with van der Waals surface area (Å²) in [6.45, 7) is 9.88. The Morgan fingerprint density at radius 1 is 1.14 bits per heavy atom. The summed E-state index contributed by atoms with van der Waals surface area (Å²) < 4.78 is 44.0. The smallest absolute Gasteiger partial charge is 0.416 e. The largest absolute Gasteiger partial charge is 0.436 e.